The number of carbonyl (C=O) groups excluding carboxylic acids is 2. The molecule has 2 N–H and O–H groups in total. The molecule has 0 unspecified atom stereocenters. The quantitative estimate of drug-likeness (QED) is 0.802. The molecule has 0 spiro atoms. The molecule has 134 valence electrons. The van der Waals surface area contributed by atoms with E-state index >= 15 is 0 Å². The summed E-state index contributed by atoms with van der Waals surface area (Å²) >= 11 is 0. The second kappa shape index (κ2) is 7.70. The maximum Gasteiger partial charge on any atom is 0.337 e. The molecule has 25 heavy (non-hydrogen) atoms. The fraction of sp³-hybridized carbons (Fsp3) is 0.474. The van der Waals surface area contributed by atoms with Gasteiger partial charge in [-0.15, -0.1) is 0 Å². The Morgan fingerprint density at radius 2 is 2.04 bits per heavy atom. The molecular weight excluding hydrogens is 318 g/mol. The number of nitrogens with one attached hydrogen (secondary N) is 2. The van der Waals surface area contributed by atoms with E-state index in [4.69, 9.17) is 4.74 Å². The number of nitrogens with zero attached hydrogens (tertiary/aromatic N) is 1. The van der Waals surface area contributed by atoms with Gasteiger partial charge in [-0.2, -0.15) is 0 Å². The molecule has 1 aromatic carbocycles. The molecule has 0 fully saturated rings. The van der Waals surface area contributed by atoms with Crippen LogP contribution in [0.3, 0.4) is 0 Å². The Balaban J connectivity index is 1.84. The molecule has 1 aromatic rings. The normalized spacial score (nSPS) is 20.6. The average Bonchev–Trinajstić information content (AvgIpc) is 2.61. The molecule has 2 amide bonds. The maximum absolute atomic E-state index is 12.4. The van der Waals surface area contributed by atoms with Crippen LogP contribution < -0.4 is 10.6 Å². The van der Waals surface area contributed by atoms with Crippen LogP contribution in [-0.2, 0) is 22.5 Å². The van der Waals surface area contributed by atoms with Crippen LogP contribution in [0, 0.1) is 0 Å². The van der Waals surface area contributed by atoms with Gasteiger partial charge in [-0.05, 0) is 30.9 Å². The van der Waals surface area contributed by atoms with Crippen molar-refractivity contribution >= 4 is 12.0 Å². The fourth-order valence-corrected chi connectivity index (χ4v) is 3.50. The van der Waals surface area contributed by atoms with Gasteiger partial charge in [0.1, 0.15) is 0 Å². The van der Waals surface area contributed by atoms with Crippen LogP contribution in [0.1, 0.15) is 31.4 Å². The van der Waals surface area contributed by atoms with Gasteiger partial charge >= 0.3 is 12.0 Å². The Hall–Kier alpha value is -2.34. The minimum atomic E-state index is -0.353. The fourth-order valence-electron chi connectivity index (χ4n) is 3.50. The second-order valence-electron chi connectivity index (χ2n) is 6.40. The number of carbonyl (C=O) groups is 2. The Bertz CT molecular complexity index is 699. The third-order valence-corrected chi connectivity index (χ3v) is 4.74. The van der Waals surface area contributed by atoms with E-state index in [1.807, 2.05) is 13.0 Å². The zero-order chi connectivity index (χ0) is 17.8. The molecule has 0 aliphatic carbocycles. The van der Waals surface area contributed by atoms with Gasteiger partial charge in [0.2, 0.25) is 0 Å². The number of hydrogen-bond donors (Lipinski definition) is 2. The van der Waals surface area contributed by atoms with Crippen LogP contribution >= 0.6 is 0 Å². The SMILES string of the molecule is CCOC(=O)C1=C(CN2CCc3ccccc3C2)NC(=O)N[C@@H]1CC. The minimum absolute atomic E-state index is 0.257. The molecule has 0 aromatic heterocycles. The van der Waals surface area contributed by atoms with Crippen molar-refractivity contribution in [3.8, 4) is 0 Å². The van der Waals surface area contributed by atoms with Crippen molar-refractivity contribution < 1.29 is 14.3 Å². The molecule has 2 aliphatic rings. The summed E-state index contributed by atoms with van der Waals surface area (Å²) in [7, 11) is 0. The third-order valence-electron chi connectivity index (χ3n) is 4.74. The van der Waals surface area contributed by atoms with Crippen molar-refractivity contribution in [1.82, 2.24) is 15.5 Å². The Morgan fingerprint density at radius 3 is 2.76 bits per heavy atom. The highest BCUT2D eigenvalue weighted by atomic mass is 16.5. The van der Waals surface area contributed by atoms with Crippen molar-refractivity contribution in [3.05, 3.63) is 46.7 Å². The van der Waals surface area contributed by atoms with Crippen LogP contribution in [0.4, 0.5) is 4.79 Å². The minimum Gasteiger partial charge on any atom is -0.463 e. The topological polar surface area (TPSA) is 70.7 Å². The molecular formula is C19H25N3O3. The monoisotopic (exact) mass is 343 g/mol. The summed E-state index contributed by atoms with van der Waals surface area (Å²) in [6, 6.07) is 7.85. The number of ether oxygens (including phenoxy) is 1. The Morgan fingerprint density at radius 1 is 1.28 bits per heavy atom. The van der Waals surface area contributed by atoms with Crippen LogP contribution in [-0.4, -0.2) is 42.6 Å². The molecule has 0 bridgehead atoms. The van der Waals surface area contributed by atoms with Gasteiger partial charge in [0.05, 0.1) is 18.2 Å². The number of benzene rings is 1. The molecule has 6 heteroatoms. The van der Waals surface area contributed by atoms with Crippen LogP contribution in [0.25, 0.3) is 0 Å². The predicted molar refractivity (Wildman–Crippen MR) is 94.8 cm³/mol. The number of esters is 1. The van der Waals surface area contributed by atoms with Gasteiger partial charge in [-0.1, -0.05) is 31.2 Å². The van der Waals surface area contributed by atoms with Crippen LogP contribution in [0.2, 0.25) is 0 Å². The van der Waals surface area contributed by atoms with E-state index in [1.54, 1.807) is 6.92 Å². The average molecular weight is 343 g/mol. The van der Waals surface area contributed by atoms with Gasteiger partial charge in [0.25, 0.3) is 0 Å². The molecule has 3 rings (SSSR count). The summed E-state index contributed by atoms with van der Waals surface area (Å²) in [5, 5.41) is 5.64. The number of rotatable bonds is 5. The Labute approximate surface area is 148 Å². The van der Waals surface area contributed by atoms with E-state index in [2.05, 4.69) is 33.7 Å². The lowest BCUT2D eigenvalue weighted by Crippen LogP contribution is -2.52. The third kappa shape index (κ3) is 3.85. The first kappa shape index (κ1) is 17.5. The van der Waals surface area contributed by atoms with E-state index in [1.165, 1.54) is 11.1 Å². The van der Waals surface area contributed by atoms with Gasteiger partial charge in [0.15, 0.2) is 0 Å². The number of fused-ring (bicyclic) bond motifs is 1. The van der Waals surface area contributed by atoms with Gasteiger partial charge in [0, 0.05) is 25.3 Å². The highest BCUT2D eigenvalue weighted by Crippen LogP contribution is 2.22. The zero-order valence-corrected chi connectivity index (χ0v) is 14.8. The summed E-state index contributed by atoms with van der Waals surface area (Å²) in [6.07, 6.45) is 1.62. The predicted octanol–water partition coefficient (Wildman–Crippen LogP) is 1.95. The van der Waals surface area contributed by atoms with Crippen molar-refractivity contribution in [1.29, 1.82) is 0 Å². The van der Waals surface area contributed by atoms with Gasteiger partial charge in [-0.25, -0.2) is 9.59 Å². The molecule has 1 atom stereocenters. The molecule has 2 aliphatic heterocycles. The lowest BCUT2D eigenvalue weighted by Gasteiger charge is -2.33. The first-order chi connectivity index (χ1) is 12.1. The highest BCUT2D eigenvalue weighted by molar-refractivity contribution is 5.94. The molecule has 2 heterocycles. The van der Waals surface area contributed by atoms with Gasteiger partial charge in [-0.3, -0.25) is 4.90 Å². The highest BCUT2D eigenvalue weighted by Gasteiger charge is 2.32. The summed E-state index contributed by atoms with van der Waals surface area (Å²) < 4.78 is 5.22. The molecule has 0 radical (unpaired) electrons. The van der Waals surface area contributed by atoms with Crippen molar-refractivity contribution in [2.75, 3.05) is 19.7 Å². The molecule has 6 nitrogen and oxygen atoms in total. The number of hydrogen-bond acceptors (Lipinski definition) is 4. The number of amides is 2. The lowest BCUT2D eigenvalue weighted by molar-refractivity contribution is -0.139. The smallest absolute Gasteiger partial charge is 0.337 e. The standard InChI is InChI=1S/C19H25N3O3/c1-3-15-17(18(23)25-4-2)16(21-19(24)20-15)12-22-10-9-13-7-5-6-8-14(13)11-22/h5-8,15H,3-4,9-12H2,1-2H3,(H2,20,21,24)/t15-/m1/s1. The largest absolute Gasteiger partial charge is 0.463 e. The van der Waals surface area contributed by atoms with E-state index in [0.717, 1.165) is 19.5 Å². The van der Waals surface area contributed by atoms with E-state index in [0.29, 0.717) is 30.8 Å². The van der Waals surface area contributed by atoms with Crippen LogP contribution in [0.5, 0.6) is 0 Å². The Kier molecular flexibility index (Phi) is 5.38. The van der Waals surface area contributed by atoms with E-state index < -0.39 is 0 Å². The zero-order valence-electron chi connectivity index (χ0n) is 14.8. The van der Waals surface area contributed by atoms with Crippen molar-refractivity contribution in [2.24, 2.45) is 0 Å². The van der Waals surface area contributed by atoms with Crippen LogP contribution in [0.15, 0.2) is 35.5 Å². The van der Waals surface area contributed by atoms with Gasteiger partial charge < -0.3 is 15.4 Å². The first-order valence-corrected chi connectivity index (χ1v) is 8.89. The van der Waals surface area contributed by atoms with Crippen molar-refractivity contribution in [2.45, 2.75) is 39.3 Å². The molecule has 0 saturated heterocycles. The van der Waals surface area contributed by atoms with Crippen molar-refractivity contribution in [3.63, 3.8) is 0 Å². The maximum atomic E-state index is 12.4. The first-order valence-electron chi connectivity index (χ1n) is 8.89. The summed E-state index contributed by atoms with van der Waals surface area (Å²) in [5.74, 6) is -0.353. The summed E-state index contributed by atoms with van der Waals surface area (Å²) in [6.45, 7) is 6.30. The summed E-state index contributed by atoms with van der Waals surface area (Å²) in [4.78, 5) is 26.7. The number of urea groups is 1. The second-order valence-corrected chi connectivity index (χ2v) is 6.40. The molecule has 0 saturated carbocycles. The lowest BCUT2D eigenvalue weighted by atomic mass is 9.97. The summed E-state index contributed by atoms with van der Waals surface area (Å²) in [5.41, 5.74) is 3.88. The van der Waals surface area contributed by atoms with E-state index in [-0.39, 0.29) is 18.0 Å². The van der Waals surface area contributed by atoms with E-state index in [9.17, 15) is 9.59 Å².